The van der Waals surface area contributed by atoms with Gasteiger partial charge in [-0.05, 0) is 73.2 Å². The zero-order chi connectivity index (χ0) is 21.4. The summed E-state index contributed by atoms with van der Waals surface area (Å²) < 4.78 is 5.45. The minimum Gasteiger partial charge on any atom is -0.495 e. The van der Waals surface area contributed by atoms with E-state index in [0.717, 1.165) is 21.6 Å². The van der Waals surface area contributed by atoms with Gasteiger partial charge >= 0.3 is 0 Å². The lowest BCUT2D eigenvalue weighted by molar-refractivity contribution is -0.120. The van der Waals surface area contributed by atoms with Gasteiger partial charge < -0.3 is 10.1 Å². The van der Waals surface area contributed by atoms with Crippen LogP contribution in [0.1, 0.15) is 21.6 Å². The highest BCUT2D eigenvalue weighted by atomic mass is 32.1. The van der Waals surface area contributed by atoms with Gasteiger partial charge in [0.1, 0.15) is 11.4 Å². The summed E-state index contributed by atoms with van der Waals surface area (Å²) in [6, 6.07) is 15.0. The molecule has 1 N–H and O–H groups in total. The number of ether oxygens (including phenoxy) is 1. The van der Waals surface area contributed by atoms with Crippen molar-refractivity contribution in [3.05, 3.63) is 81.2 Å². The zero-order valence-electron chi connectivity index (χ0n) is 17.3. The summed E-state index contributed by atoms with van der Waals surface area (Å²) in [5, 5.41) is 5.09. The number of aryl methyl sites for hydroxylation is 3. The molecule has 0 bridgehead atoms. The number of carbonyl (C=O) groups excluding carboxylic acids is 2. The quantitative estimate of drug-likeness (QED) is 0.587. The van der Waals surface area contributed by atoms with Gasteiger partial charge in [0, 0.05) is 4.88 Å². The highest BCUT2D eigenvalue weighted by molar-refractivity contribution is 7.11. The van der Waals surface area contributed by atoms with Crippen LogP contribution in [-0.2, 0) is 9.59 Å². The summed E-state index contributed by atoms with van der Waals surface area (Å²) in [6.45, 7) is 5.93. The first-order valence-electron chi connectivity index (χ1n) is 9.56. The number of amides is 2. The van der Waals surface area contributed by atoms with Crippen LogP contribution in [0, 0.1) is 20.8 Å². The van der Waals surface area contributed by atoms with Crippen LogP contribution >= 0.6 is 11.3 Å². The van der Waals surface area contributed by atoms with Crippen LogP contribution in [0.5, 0.6) is 5.75 Å². The molecule has 0 aliphatic carbocycles. The Balaban J connectivity index is 1.83. The molecule has 1 aromatic heterocycles. The summed E-state index contributed by atoms with van der Waals surface area (Å²) in [5.41, 5.74) is 4.97. The molecule has 5 nitrogen and oxygen atoms in total. The molecule has 30 heavy (non-hydrogen) atoms. The number of methoxy groups -OCH3 is 1. The fraction of sp³-hybridized carbons (Fsp3) is 0.167. The standard InChI is InChI=1S/C24H22N2O3S/c1-14-7-10-19(29-4)18(12-14)25-22-21(20-6-5-11-30-20)23(27)26(24(22)28)17-9-8-15(2)16(3)13-17/h5-13,25H,1-4H3. The molecule has 0 spiro atoms. The largest absolute Gasteiger partial charge is 0.495 e. The first-order chi connectivity index (χ1) is 14.4. The van der Waals surface area contributed by atoms with Gasteiger partial charge in [-0.3, -0.25) is 9.59 Å². The number of hydrogen-bond acceptors (Lipinski definition) is 5. The Hall–Kier alpha value is -3.38. The molecule has 4 rings (SSSR count). The lowest BCUT2D eigenvalue weighted by Gasteiger charge is -2.17. The van der Waals surface area contributed by atoms with Gasteiger partial charge in [-0.1, -0.05) is 18.2 Å². The highest BCUT2D eigenvalue weighted by Crippen LogP contribution is 2.37. The van der Waals surface area contributed by atoms with Gasteiger partial charge in [-0.15, -0.1) is 11.3 Å². The maximum Gasteiger partial charge on any atom is 0.282 e. The molecule has 1 aliphatic rings. The zero-order valence-corrected chi connectivity index (χ0v) is 18.1. The van der Waals surface area contributed by atoms with Crippen LogP contribution in [0.15, 0.2) is 59.6 Å². The van der Waals surface area contributed by atoms with E-state index in [1.807, 2.05) is 68.6 Å². The Morgan fingerprint density at radius 2 is 1.73 bits per heavy atom. The number of nitrogens with one attached hydrogen (secondary N) is 1. The van der Waals surface area contributed by atoms with Crippen molar-refractivity contribution in [2.75, 3.05) is 17.3 Å². The van der Waals surface area contributed by atoms with E-state index >= 15 is 0 Å². The molecule has 6 heteroatoms. The molecule has 2 heterocycles. The van der Waals surface area contributed by atoms with E-state index < -0.39 is 0 Å². The fourth-order valence-corrected chi connectivity index (χ4v) is 4.22. The lowest BCUT2D eigenvalue weighted by atomic mass is 10.1. The van der Waals surface area contributed by atoms with Crippen molar-refractivity contribution in [3.63, 3.8) is 0 Å². The molecule has 152 valence electrons. The molecular weight excluding hydrogens is 396 g/mol. The lowest BCUT2D eigenvalue weighted by Crippen LogP contribution is -2.32. The molecule has 3 aromatic rings. The van der Waals surface area contributed by atoms with Gasteiger partial charge in [0.2, 0.25) is 0 Å². The van der Waals surface area contributed by atoms with E-state index in [0.29, 0.717) is 22.7 Å². The predicted molar refractivity (Wildman–Crippen MR) is 121 cm³/mol. The molecular formula is C24H22N2O3S. The highest BCUT2D eigenvalue weighted by Gasteiger charge is 2.41. The van der Waals surface area contributed by atoms with Crippen molar-refractivity contribution >= 4 is 40.1 Å². The maximum atomic E-state index is 13.5. The first-order valence-corrected chi connectivity index (χ1v) is 10.4. The molecule has 0 atom stereocenters. The topological polar surface area (TPSA) is 58.6 Å². The average molecular weight is 419 g/mol. The number of thiophene rings is 1. The van der Waals surface area contributed by atoms with Gasteiger partial charge in [-0.2, -0.15) is 0 Å². The number of nitrogens with zero attached hydrogens (tertiary/aromatic N) is 1. The summed E-state index contributed by atoms with van der Waals surface area (Å²) in [6.07, 6.45) is 0. The molecule has 2 amide bonds. The molecule has 0 saturated carbocycles. The summed E-state index contributed by atoms with van der Waals surface area (Å²) in [5.74, 6) is -0.112. The van der Waals surface area contributed by atoms with Crippen LogP contribution in [-0.4, -0.2) is 18.9 Å². The van der Waals surface area contributed by atoms with E-state index in [1.54, 1.807) is 13.2 Å². The molecule has 0 fully saturated rings. The maximum absolute atomic E-state index is 13.5. The van der Waals surface area contributed by atoms with Crippen LogP contribution in [0.4, 0.5) is 11.4 Å². The van der Waals surface area contributed by atoms with E-state index in [2.05, 4.69) is 5.32 Å². The molecule has 0 unspecified atom stereocenters. The second kappa shape index (κ2) is 7.80. The second-order valence-corrected chi connectivity index (χ2v) is 8.22. The average Bonchev–Trinajstić information content (AvgIpc) is 3.32. The van der Waals surface area contributed by atoms with Crippen LogP contribution in [0.2, 0.25) is 0 Å². The number of hydrogen-bond donors (Lipinski definition) is 1. The van der Waals surface area contributed by atoms with Crippen molar-refractivity contribution in [1.29, 1.82) is 0 Å². The summed E-state index contributed by atoms with van der Waals surface area (Å²) >= 11 is 1.43. The smallest absolute Gasteiger partial charge is 0.282 e. The van der Waals surface area contributed by atoms with Crippen LogP contribution in [0.3, 0.4) is 0 Å². The van der Waals surface area contributed by atoms with Crippen molar-refractivity contribution in [2.24, 2.45) is 0 Å². The van der Waals surface area contributed by atoms with Crippen molar-refractivity contribution in [1.82, 2.24) is 0 Å². The van der Waals surface area contributed by atoms with Gasteiger partial charge in [0.25, 0.3) is 11.8 Å². The Kier molecular flexibility index (Phi) is 5.18. The van der Waals surface area contributed by atoms with E-state index in [4.69, 9.17) is 4.74 Å². The van der Waals surface area contributed by atoms with Crippen LogP contribution in [0.25, 0.3) is 5.57 Å². The van der Waals surface area contributed by atoms with Gasteiger partial charge in [0.15, 0.2) is 0 Å². The number of anilines is 2. The van der Waals surface area contributed by atoms with E-state index in [1.165, 1.54) is 16.2 Å². The third-order valence-corrected chi connectivity index (χ3v) is 6.10. The van der Waals surface area contributed by atoms with E-state index in [9.17, 15) is 9.59 Å². The third-order valence-electron chi connectivity index (χ3n) is 5.21. The summed E-state index contributed by atoms with van der Waals surface area (Å²) in [7, 11) is 1.58. The molecule has 0 radical (unpaired) electrons. The second-order valence-electron chi connectivity index (χ2n) is 7.27. The minimum atomic E-state index is -0.379. The Labute approximate surface area is 179 Å². The predicted octanol–water partition coefficient (Wildman–Crippen LogP) is 5.08. The molecule has 0 saturated heterocycles. The first kappa shape index (κ1) is 19.9. The SMILES string of the molecule is COc1ccc(C)cc1NC1=C(c2cccs2)C(=O)N(c2ccc(C)c(C)c2)C1=O. The number of benzene rings is 2. The van der Waals surface area contributed by atoms with Gasteiger partial charge in [0.05, 0.1) is 24.1 Å². The Morgan fingerprint density at radius 3 is 2.40 bits per heavy atom. The number of rotatable bonds is 5. The normalized spacial score (nSPS) is 13.9. The van der Waals surface area contributed by atoms with Gasteiger partial charge in [-0.25, -0.2) is 4.90 Å². The van der Waals surface area contributed by atoms with Crippen molar-refractivity contribution in [3.8, 4) is 5.75 Å². The summed E-state index contributed by atoms with van der Waals surface area (Å²) in [4.78, 5) is 28.9. The van der Waals surface area contributed by atoms with Crippen LogP contribution < -0.4 is 15.0 Å². The number of carbonyl (C=O) groups is 2. The molecule has 2 aromatic carbocycles. The third kappa shape index (κ3) is 3.39. The Bertz CT molecular complexity index is 1180. The monoisotopic (exact) mass is 418 g/mol. The van der Waals surface area contributed by atoms with E-state index in [-0.39, 0.29) is 17.5 Å². The minimum absolute atomic E-state index is 0.254. The fourth-order valence-electron chi connectivity index (χ4n) is 3.45. The van der Waals surface area contributed by atoms with Crippen molar-refractivity contribution < 1.29 is 14.3 Å². The van der Waals surface area contributed by atoms with Crippen molar-refractivity contribution in [2.45, 2.75) is 20.8 Å². The number of imide groups is 1. The molecule has 1 aliphatic heterocycles. The Morgan fingerprint density at radius 1 is 0.933 bits per heavy atom.